The molecule has 146 valence electrons. The smallest absolute Gasteiger partial charge is 0.0572 e. The number of benzene rings is 3. The first kappa shape index (κ1) is 21.3. The van der Waals surface area contributed by atoms with Gasteiger partial charge in [0.25, 0.3) is 0 Å². The summed E-state index contributed by atoms with van der Waals surface area (Å²) in [5.41, 5.74) is 1.40. The molecule has 0 fully saturated rings. The first-order valence-corrected chi connectivity index (χ1v) is 14.9. The summed E-state index contributed by atoms with van der Waals surface area (Å²) in [6.07, 6.45) is 0. The van der Waals surface area contributed by atoms with Crippen molar-refractivity contribution in [3.8, 4) is 0 Å². The van der Waals surface area contributed by atoms with Gasteiger partial charge in [0.05, 0.1) is 8.07 Å². The molecule has 0 atom stereocenters. The third-order valence-electron chi connectivity index (χ3n) is 6.17. The van der Waals surface area contributed by atoms with Crippen LogP contribution in [0.1, 0.15) is 26.3 Å². The average Bonchev–Trinajstić information content (AvgIpc) is 2.76. The van der Waals surface area contributed by atoms with Crippen molar-refractivity contribution in [3.05, 3.63) is 89.4 Å². The van der Waals surface area contributed by atoms with Gasteiger partial charge in [-0.2, -0.15) is 0 Å². The minimum absolute atomic E-state index is 0.613. The van der Waals surface area contributed by atoms with Gasteiger partial charge in [0, 0.05) is 5.02 Å². The molecular formula is C25H30ClPSi. The topological polar surface area (TPSA) is 0 Å². The lowest BCUT2D eigenvalue weighted by Crippen LogP contribution is -2.37. The second-order valence-corrected chi connectivity index (χ2v) is 15.5. The summed E-state index contributed by atoms with van der Waals surface area (Å²) in [5.74, 6) is 0. The van der Waals surface area contributed by atoms with Crippen LogP contribution in [0.15, 0.2) is 78.9 Å². The highest BCUT2D eigenvalue weighted by atomic mass is 35.5. The molecule has 0 saturated carbocycles. The summed E-state index contributed by atoms with van der Waals surface area (Å²) in [5, 5.41) is 5.17. The van der Waals surface area contributed by atoms with Crippen LogP contribution in [-0.2, 0) is 6.04 Å². The van der Waals surface area contributed by atoms with E-state index in [0.717, 1.165) is 5.02 Å². The zero-order valence-electron chi connectivity index (χ0n) is 17.2. The van der Waals surface area contributed by atoms with E-state index in [4.69, 9.17) is 11.6 Å². The SMILES string of the molecule is CC[Si](CC)(CC)Cc1c(Cl)cccc1P(c1ccccc1)c1ccccc1. The zero-order chi connectivity index (χ0) is 20.0. The predicted molar refractivity (Wildman–Crippen MR) is 131 cm³/mol. The monoisotopic (exact) mass is 424 g/mol. The highest BCUT2D eigenvalue weighted by Crippen LogP contribution is 2.38. The molecule has 0 unspecified atom stereocenters. The van der Waals surface area contributed by atoms with Crippen molar-refractivity contribution in [3.63, 3.8) is 0 Å². The molecule has 0 saturated heterocycles. The van der Waals surface area contributed by atoms with Crippen LogP contribution in [0.3, 0.4) is 0 Å². The van der Waals surface area contributed by atoms with Crippen LogP contribution in [0.4, 0.5) is 0 Å². The molecule has 0 heterocycles. The molecule has 0 N–H and O–H groups in total. The second-order valence-electron chi connectivity index (χ2n) is 7.48. The molecule has 0 bridgehead atoms. The van der Waals surface area contributed by atoms with E-state index in [2.05, 4.69) is 99.6 Å². The molecule has 0 aliphatic rings. The lowest BCUT2D eigenvalue weighted by atomic mass is 10.2. The summed E-state index contributed by atoms with van der Waals surface area (Å²) >= 11 is 6.86. The van der Waals surface area contributed by atoms with Crippen LogP contribution >= 0.6 is 19.5 Å². The maximum atomic E-state index is 6.86. The molecule has 0 amide bonds. The summed E-state index contributed by atoms with van der Waals surface area (Å²) in [4.78, 5) is 0. The van der Waals surface area contributed by atoms with Gasteiger partial charge in [-0.15, -0.1) is 0 Å². The van der Waals surface area contributed by atoms with Crippen LogP contribution in [0, 0.1) is 0 Å². The van der Waals surface area contributed by atoms with Crippen molar-refractivity contribution in [1.29, 1.82) is 0 Å². The Kier molecular flexibility index (Phi) is 7.52. The number of rotatable bonds is 8. The Morgan fingerprint density at radius 1 is 0.679 bits per heavy atom. The third kappa shape index (κ3) is 4.59. The van der Waals surface area contributed by atoms with Gasteiger partial charge in [0.2, 0.25) is 0 Å². The number of hydrogen-bond donors (Lipinski definition) is 0. The summed E-state index contributed by atoms with van der Waals surface area (Å²) < 4.78 is 0. The van der Waals surface area contributed by atoms with E-state index in [-0.39, 0.29) is 0 Å². The molecule has 3 heteroatoms. The highest BCUT2D eigenvalue weighted by Gasteiger charge is 2.30. The first-order valence-electron chi connectivity index (χ1n) is 10.3. The Hall–Kier alpha value is -1.40. The van der Waals surface area contributed by atoms with Crippen LogP contribution < -0.4 is 15.9 Å². The minimum Gasteiger partial charge on any atom is -0.0840 e. The fourth-order valence-corrected chi connectivity index (χ4v) is 10.5. The van der Waals surface area contributed by atoms with Crippen LogP contribution in [0.2, 0.25) is 23.2 Å². The number of halogens is 1. The standard InChI is InChI=1S/C25H30ClPSi/c1-4-28(5-2,6-3)20-23-24(26)18-13-19-25(23)27(21-14-9-7-10-15-21)22-16-11-8-12-17-22/h7-19H,4-6,20H2,1-3H3. The Labute approximate surface area is 177 Å². The van der Waals surface area contributed by atoms with Gasteiger partial charge in [-0.1, -0.05) is 123 Å². The molecule has 0 aliphatic carbocycles. The third-order valence-corrected chi connectivity index (χ3v) is 14.7. The van der Waals surface area contributed by atoms with Gasteiger partial charge >= 0.3 is 0 Å². The van der Waals surface area contributed by atoms with Crippen molar-refractivity contribution in [2.75, 3.05) is 0 Å². The Balaban J connectivity index is 2.18. The Bertz CT molecular complexity index is 828. The molecule has 0 radical (unpaired) electrons. The fourth-order valence-electron chi connectivity index (χ4n) is 4.01. The van der Waals surface area contributed by atoms with Crippen LogP contribution in [0.25, 0.3) is 0 Å². The van der Waals surface area contributed by atoms with Gasteiger partial charge in [0.1, 0.15) is 0 Å². The van der Waals surface area contributed by atoms with E-state index in [0.29, 0.717) is 0 Å². The second kappa shape index (κ2) is 9.88. The predicted octanol–water partition coefficient (Wildman–Crippen LogP) is 6.69. The van der Waals surface area contributed by atoms with Gasteiger partial charge in [-0.3, -0.25) is 0 Å². The molecule has 28 heavy (non-hydrogen) atoms. The fraction of sp³-hybridized carbons (Fsp3) is 0.280. The Morgan fingerprint density at radius 3 is 1.64 bits per heavy atom. The molecule has 0 spiro atoms. The number of hydrogen-bond acceptors (Lipinski definition) is 0. The van der Waals surface area contributed by atoms with E-state index >= 15 is 0 Å². The molecular weight excluding hydrogens is 395 g/mol. The molecule has 0 aliphatic heterocycles. The largest absolute Gasteiger partial charge is 0.0840 e. The minimum atomic E-state index is -1.34. The van der Waals surface area contributed by atoms with Crippen molar-refractivity contribution in [2.24, 2.45) is 0 Å². The normalized spacial score (nSPS) is 11.8. The zero-order valence-corrected chi connectivity index (χ0v) is 19.8. The molecule has 3 aromatic carbocycles. The van der Waals surface area contributed by atoms with Crippen LogP contribution in [0.5, 0.6) is 0 Å². The first-order chi connectivity index (χ1) is 13.6. The molecule has 0 nitrogen and oxygen atoms in total. The molecule has 3 rings (SSSR count). The van der Waals surface area contributed by atoms with E-state index in [1.807, 2.05) is 0 Å². The summed E-state index contributed by atoms with van der Waals surface area (Å²) in [6, 6.07) is 33.6. The average molecular weight is 425 g/mol. The summed E-state index contributed by atoms with van der Waals surface area (Å²) in [7, 11) is -1.96. The van der Waals surface area contributed by atoms with Crippen molar-refractivity contribution in [2.45, 2.75) is 44.9 Å². The van der Waals surface area contributed by atoms with Gasteiger partial charge in [0.15, 0.2) is 0 Å². The van der Waals surface area contributed by atoms with Crippen LogP contribution in [-0.4, -0.2) is 8.07 Å². The lowest BCUT2D eigenvalue weighted by molar-refractivity contribution is 1.10. The Morgan fingerprint density at radius 2 is 1.18 bits per heavy atom. The van der Waals surface area contributed by atoms with Crippen molar-refractivity contribution < 1.29 is 0 Å². The molecule has 3 aromatic rings. The van der Waals surface area contributed by atoms with Crippen molar-refractivity contribution >= 4 is 43.5 Å². The van der Waals surface area contributed by atoms with Gasteiger partial charge in [-0.25, -0.2) is 0 Å². The van der Waals surface area contributed by atoms with Crippen molar-refractivity contribution in [1.82, 2.24) is 0 Å². The maximum absolute atomic E-state index is 6.86. The van der Waals surface area contributed by atoms with Gasteiger partial charge < -0.3 is 0 Å². The van der Waals surface area contributed by atoms with E-state index in [1.54, 1.807) is 0 Å². The highest BCUT2D eigenvalue weighted by molar-refractivity contribution is 7.80. The molecule has 0 aromatic heterocycles. The van der Waals surface area contributed by atoms with E-state index < -0.39 is 16.0 Å². The van der Waals surface area contributed by atoms with Gasteiger partial charge in [-0.05, 0) is 41.5 Å². The van der Waals surface area contributed by atoms with E-state index in [9.17, 15) is 0 Å². The quantitative estimate of drug-likeness (QED) is 0.279. The summed E-state index contributed by atoms with van der Waals surface area (Å²) in [6.45, 7) is 7.15. The van der Waals surface area contributed by atoms with E-state index in [1.165, 1.54) is 45.7 Å². The maximum Gasteiger partial charge on any atom is 0.0572 e. The lowest BCUT2D eigenvalue weighted by Gasteiger charge is -2.31.